The van der Waals surface area contributed by atoms with Gasteiger partial charge in [0, 0.05) is 57.1 Å². The summed E-state index contributed by atoms with van der Waals surface area (Å²) in [6.07, 6.45) is 8.22. The number of piperidine rings is 1. The van der Waals surface area contributed by atoms with Crippen LogP contribution < -0.4 is 5.73 Å². The van der Waals surface area contributed by atoms with E-state index in [-0.39, 0.29) is 12.3 Å². The second kappa shape index (κ2) is 8.96. The molecule has 1 aromatic rings. The van der Waals surface area contributed by atoms with Crippen molar-refractivity contribution in [1.82, 2.24) is 14.7 Å². The number of likely N-dealkylation sites (N-methyl/N-ethyl adjacent to an activating group) is 1. The minimum atomic E-state index is -0.0612. The summed E-state index contributed by atoms with van der Waals surface area (Å²) < 4.78 is 5.44. The van der Waals surface area contributed by atoms with Crippen molar-refractivity contribution in [2.45, 2.75) is 25.2 Å². The van der Waals surface area contributed by atoms with E-state index in [1.165, 1.54) is 5.57 Å². The van der Waals surface area contributed by atoms with Gasteiger partial charge in [-0.2, -0.15) is 5.26 Å². The van der Waals surface area contributed by atoms with Crippen LogP contribution in [0.5, 0.6) is 0 Å². The molecule has 0 aliphatic carbocycles. The lowest BCUT2D eigenvalue weighted by molar-refractivity contribution is 0.0732. The van der Waals surface area contributed by atoms with Gasteiger partial charge in [-0.15, -0.1) is 0 Å². The molecule has 0 saturated carbocycles. The molecule has 31 heavy (non-hydrogen) atoms. The summed E-state index contributed by atoms with van der Waals surface area (Å²) in [4.78, 5) is 11.9. The summed E-state index contributed by atoms with van der Waals surface area (Å²) in [5, 5.41) is 9.19. The molecule has 1 aromatic carbocycles. The van der Waals surface area contributed by atoms with Gasteiger partial charge in [0.25, 0.3) is 0 Å². The van der Waals surface area contributed by atoms with Crippen LogP contribution in [0.15, 0.2) is 64.6 Å². The lowest BCUT2D eigenvalue weighted by atomic mass is 9.93. The molecule has 0 spiro atoms. The Balaban J connectivity index is 1.72. The molecule has 1 fully saturated rings. The molecular weight excluding hydrogens is 388 g/mol. The molecule has 1 saturated heterocycles. The maximum Gasteiger partial charge on any atom is 0.189 e. The van der Waals surface area contributed by atoms with Gasteiger partial charge in [0.05, 0.1) is 24.5 Å². The lowest BCUT2D eigenvalue weighted by Gasteiger charge is -2.41. The number of nitriles is 1. The van der Waals surface area contributed by atoms with Gasteiger partial charge < -0.3 is 20.3 Å². The van der Waals surface area contributed by atoms with Crippen LogP contribution in [0.25, 0.3) is 0 Å². The van der Waals surface area contributed by atoms with Gasteiger partial charge in [0.2, 0.25) is 0 Å². The number of allylic oxidation sites excluding steroid dienone is 2. The zero-order chi connectivity index (χ0) is 22.0. The molecule has 3 aliphatic heterocycles. The lowest BCUT2D eigenvalue weighted by Crippen LogP contribution is -2.51. The molecule has 7 nitrogen and oxygen atoms in total. The fraction of sp³-hybridized carbons (Fsp3) is 0.417. The van der Waals surface area contributed by atoms with Crippen LogP contribution in [0, 0.1) is 11.3 Å². The van der Waals surface area contributed by atoms with Crippen molar-refractivity contribution in [1.29, 1.82) is 5.26 Å². The number of nitrogens with two attached hydrogens (primary N) is 1. The Kier molecular flexibility index (Phi) is 6.12. The van der Waals surface area contributed by atoms with Crippen LogP contribution in [-0.2, 0) is 4.74 Å². The fourth-order valence-corrected chi connectivity index (χ4v) is 4.35. The van der Waals surface area contributed by atoms with Crippen LogP contribution in [0.3, 0.4) is 0 Å². The summed E-state index contributed by atoms with van der Waals surface area (Å²) in [6.45, 7) is 2.61. The highest BCUT2D eigenvalue weighted by atomic mass is 16.5. The largest absolute Gasteiger partial charge is 0.482 e. The summed E-state index contributed by atoms with van der Waals surface area (Å²) >= 11 is 0. The number of ether oxygens (including phenoxy) is 1. The number of likely N-dealkylation sites (tertiary alicyclic amines) is 1. The Labute approximate surface area is 184 Å². The van der Waals surface area contributed by atoms with Crippen molar-refractivity contribution in [2.24, 2.45) is 10.7 Å². The molecule has 3 heterocycles. The number of aliphatic imine (C=N–C) groups is 1. The molecule has 0 bridgehead atoms. The number of hydrogen-bond donors (Lipinski definition) is 1. The Morgan fingerprint density at radius 2 is 1.84 bits per heavy atom. The molecule has 0 radical (unpaired) electrons. The highest BCUT2D eigenvalue weighted by Gasteiger charge is 2.31. The van der Waals surface area contributed by atoms with Crippen LogP contribution in [0.4, 0.5) is 0 Å². The van der Waals surface area contributed by atoms with Gasteiger partial charge >= 0.3 is 0 Å². The number of nitrogens with zero attached hydrogens (tertiary/aromatic N) is 5. The van der Waals surface area contributed by atoms with Crippen molar-refractivity contribution in [3.8, 4) is 6.07 Å². The number of rotatable bonds is 4. The van der Waals surface area contributed by atoms with E-state index in [1.54, 1.807) is 7.11 Å². The van der Waals surface area contributed by atoms with Crippen molar-refractivity contribution >= 4 is 5.71 Å². The third-order valence-corrected chi connectivity index (χ3v) is 6.15. The first kappa shape index (κ1) is 21.2. The molecule has 4 rings (SSSR count). The smallest absolute Gasteiger partial charge is 0.189 e. The van der Waals surface area contributed by atoms with Gasteiger partial charge in [-0.1, -0.05) is 18.2 Å². The van der Waals surface area contributed by atoms with Crippen LogP contribution in [0.1, 0.15) is 24.0 Å². The van der Waals surface area contributed by atoms with Crippen LogP contribution in [-0.4, -0.2) is 73.6 Å². The van der Waals surface area contributed by atoms with E-state index in [9.17, 15) is 5.26 Å². The van der Waals surface area contributed by atoms with Gasteiger partial charge in [0.1, 0.15) is 0 Å². The third-order valence-electron chi connectivity index (χ3n) is 6.15. The first-order chi connectivity index (χ1) is 15.0. The van der Waals surface area contributed by atoms with Crippen LogP contribution >= 0.6 is 0 Å². The van der Waals surface area contributed by atoms with E-state index in [4.69, 9.17) is 15.5 Å². The zero-order valence-corrected chi connectivity index (χ0v) is 18.5. The highest BCUT2D eigenvalue weighted by molar-refractivity contribution is 6.15. The summed E-state index contributed by atoms with van der Waals surface area (Å²) in [5.74, 6) is 0.841. The average Bonchev–Trinajstić information content (AvgIpc) is 2.79. The predicted octanol–water partition coefficient (Wildman–Crippen LogP) is 2.24. The molecular formula is C24H30N6O. The van der Waals surface area contributed by atoms with Gasteiger partial charge in [-0.25, -0.2) is 4.99 Å². The van der Waals surface area contributed by atoms with Crippen molar-refractivity contribution < 1.29 is 4.74 Å². The van der Waals surface area contributed by atoms with E-state index in [0.717, 1.165) is 55.2 Å². The molecule has 162 valence electrons. The fourth-order valence-electron chi connectivity index (χ4n) is 4.35. The second-order valence-electron chi connectivity index (χ2n) is 8.35. The Morgan fingerprint density at radius 3 is 2.45 bits per heavy atom. The van der Waals surface area contributed by atoms with Gasteiger partial charge in [0.15, 0.2) is 12.2 Å². The van der Waals surface area contributed by atoms with E-state index >= 15 is 0 Å². The maximum atomic E-state index is 9.19. The molecule has 7 heteroatoms. The zero-order valence-electron chi connectivity index (χ0n) is 18.5. The van der Waals surface area contributed by atoms with E-state index in [1.807, 2.05) is 37.4 Å². The van der Waals surface area contributed by atoms with Crippen molar-refractivity contribution in [2.75, 3.05) is 40.8 Å². The summed E-state index contributed by atoms with van der Waals surface area (Å²) in [6, 6.07) is 10.2. The quantitative estimate of drug-likeness (QED) is 0.808. The van der Waals surface area contributed by atoms with E-state index < -0.39 is 0 Å². The molecule has 2 N–H and O–H groups in total. The molecule has 1 unspecified atom stereocenters. The van der Waals surface area contributed by atoms with Crippen molar-refractivity contribution in [3.05, 3.63) is 70.8 Å². The standard InChI is InChI=1S/C24H30N6O/c1-28-15-19(8-9-22(28)31-3)21-16-29(2)24(30-12-10-20(26)11-13-30)27-23(21)18-6-4-17(14-25)5-7-18/h4-9,16,20,24H,10-13,15,26H2,1-3H3. The number of benzene rings is 1. The molecule has 0 amide bonds. The third kappa shape index (κ3) is 4.36. The first-order valence-corrected chi connectivity index (χ1v) is 10.7. The summed E-state index contributed by atoms with van der Waals surface area (Å²) in [5.41, 5.74) is 11.0. The van der Waals surface area contributed by atoms with Crippen molar-refractivity contribution in [3.63, 3.8) is 0 Å². The minimum Gasteiger partial charge on any atom is -0.482 e. The normalized spacial score (nSPS) is 22.9. The molecule has 1 atom stereocenters. The Hall–Kier alpha value is -3.08. The second-order valence-corrected chi connectivity index (χ2v) is 8.35. The SMILES string of the molecule is COC1=CC=C(C2=CN(C)C(N3CCC(N)CC3)N=C2c2ccc(C#N)cc2)CN1C. The first-order valence-electron chi connectivity index (χ1n) is 10.7. The summed E-state index contributed by atoms with van der Waals surface area (Å²) in [7, 11) is 5.79. The Morgan fingerprint density at radius 1 is 1.13 bits per heavy atom. The van der Waals surface area contributed by atoms with Gasteiger partial charge in [-0.05, 0) is 36.6 Å². The maximum absolute atomic E-state index is 9.19. The predicted molar refractivity (Wildman–Crippen MR) is 122 cm³/mol. The van der Waals surface area contributed by atoms with Crippen LogP contribution in [0.2, 0.25) is 0 Å². The van der Waals surface area contributed by atoms with E-state index in [0.29, 0.717) is 5.56 Å². The number of methoxy groups -OCH3 is 1. The number of hydrogen-bond acceptors (Lipinski definition) is 7. The highest BCUT2D eigenvalue weighted by Crippen LogP contribution is 2.29. The minimum absolute atomic E-state index is 0.0612. The average molecular weight is 419 g/mol. The monoisotopic (exact) mass is 418 g/mol. The van der Waals surface area contributed by atoms with E-state index in [2.05, 4.69) is 40.1 Å². The molecule has 0 aromatic heterocycles. The van der Waals surface area contributed by atoms with Gasteiger partial charge in [-0.3, -0.25) is 4.90 Å². The molecule has 3 aliphatic rings. The topological polar surface area (TPSA) is 81.1 Å². The Bertz CT molecular complexity index is 976.